The SMILES string of the molecule is N#CC(C#N)=C1c2cc(OC(F)(F)F)ccc2-c2c1ccc1c3c(ccc21)C(=C(C#N)C#N)c1cc(C(F)(F)F)ccc1-3. The van der Waals surface area contributed by atoms with Crippen molar-refractivity contribution in [1.29, 1.82) is 21.0 Å². The fourth-order valence-corrected chi connectivity index (χ4v) is 5.80. The molecule has 5 nitrogen and oxygen atoms in total. The van der Waals surface area contributed by atoms with Gasteiger partial charge in [-0.05, 0) is 79.5 Å². The van der Waals surface area contributed by atoms with Crippen LogP contribution in [0.3, 0.4) is 0 Å². The van der Waals surface area contributed by atoms with Gasteiger partial charge >= 0.3 is 12.5 Å². The van der Waals surface area contributed by atoms with Crippen LogP contribution in [0.25, 0.3) is 44.2 Å². The van der Waals surface area contributed by atoms with Gasteiger partial charge in [0.15, 0.2) is 0 Å². The summed E-state index contributed by atoms with van der Waals surface area (Å²) in [6, 6.07) is 20.1. The molecule has 4 aromatic rings. The van der Waals surface area contributed by atoms with Crippen LogP contribution in [0.4, 0.5) is 26.3 Å². The van der Waals surface area contributed by atoms with Crippen molar-refractivity contribution in [3.05, 3.63) is 99.6 Å². The summed E-state index contributed by atoms with van der Waals surface area (Å²) in [5.74, 6) is -0.554. The van der Waals surface area contributed by atoms with Gasteiger partial charge in [-0.15, -0.1) is 13.2 Å². The molecule has 0 spiro atoms. The Morgan fingerprint density at radius 2 is 0.977 bits per heavy atom. The van der Waals surface area contributed by atoms with Crippen LogP contribution < -0.4 is 4.74 Å². The van der Waals surface area contributed by atoms with Crippen LogP contribution in [0.5, 0.6) is 5.75 Å². The minimum Gasteiger partial charge on any atom is -0.406 e. The maximum absolute atomic E-state index is 13.6. The molecule has 0 amide bonds. The van der Waals surface area contributed by atoms with Crippen LogP contribution in [0, 0.1) is 45.3 Å². The van der Waals surface area contributed by atoms with Gasteiger partial charge in [0.05, 0.1) is 5.56 Å². The van der Waals surface area contributed by atoms with Gasteiger partial charge in [-0.25, -0.2) is 0 Å². The second-order valence-electron chi connectivity index (χ2n) is 9.53. The van der Waals surface area contributed by atoms with E-state index in [1.54, 1.807) is 48.5 Å². The molecule has 0 heterocycles. The van der Waals surface area contributed by atoms with Gasteiger partial charge < -0.3 is 4.74 Å². The number of fused-ring (bicyclic) bond motifs is 9. The molecular formula is C32H10F6N4O. The van der Waals surface area contributed by atoms with Crippen molar-refractivity contribution in [3.8, 4) is 52.3 Å². The summed E-state index contributed by atoms with van der Waals surface area (Å²) in [6.45, 7) is 0. The second kappa shape index (κ2) is 9.24. The van der Waals surface area contributed by atoms with Gasteiger partial charge in [-0.1, -0.05) is 36.4 Å². The summed E-state index contributed by atoms with van der Waals surface area (Å²) in [4.78, 5) is 0. The summed E-state index contributed by atoms with van der Waals surface area (Å²) in [5.41, 5.74) is 1.15. The number of rotatable bonds is 1. The fraction of sp³-hybridized carbons (Fsp3) is 0.0625. The zero-order valence-electron chi connectivity index (χ0n) is 21.2. The van der Waals surface area contributed by atoms with Gasteiger partial charge in [0.25, 0.3) is 0 Å². The number of alkyl halides is 6. The first kappa shape index (κ1) is 27.1. The Bertz CT molecular complexity index is 2150. The van der Waals surface area contributed by atoms with Gasteiger partial charge in [0.1, 0.15) is 41.2 Å². The third-order valence-corrected chi connectivity index (χ3v) is 7.34. The lowest BCUT2D eigenvalue weighted by Gasteiger charge is -2.12. The lowest BCUT2D eigenvalue weighted by Crippen LogP contribution is -2.17. The highest BCUT2D eigenvalue weighted by Crippen LogP contribution is 2.55. The molecule has 206 valence electrons. The van der Waals surface area contributed by atoms with Gasteiger partial charge in [0, 0.05) is 11.1 Å². The average molecular weight is 580 g/mol. The smallest absolute Gasteiger partial charge is 0.406 e. The number of ether oxygens (including phenoxy) is 1. The Kier molecular flexibility index (Phi) is 5.83. The molecule has 0 atom stereocenters. The minimum atomic E-state index is -4.99. The van der Waals surface area contributed by atoms with E-state index in [0.717, 1.165) is 24.3 Å². The van der Waals surface area contributed by atoms with E-state index in [-0.39, 0.29) is 33.4 Å². The van der Waals surface area contributed by atoms with Gasteiger partial charge in [-0.2, -0.15) is 34.2 Å². The van der Waals surface area contributed by atoms with Crippen LogP contribution >= 0.6 is 0 Å². The van der Waals surface area contributed by atoms with Crippen molar-refractivity contribution in [2.24, 2.45) is 0 Å². The van der Waals surface area contributed by atoms with E-state index < -0.39 is 23.9 Å². The Morgan fingerprint density at radius 1 is 0.535 bits per heavy atom. The normalized spacial score (nSPS) is 12.7. The van der Waals surface area contributed by atoms with Crippen LogP contribution in [0.1, 0.15) is 27.8 Å². The van der Waals surface area contributed by atoms with Crippen molar-refractivity contribution < 1.29 is 31.1 Å². The topological polar surface area (TPSA) is 104 Å². The van der Waals surface area contributed by atoms with E-state index in [4.69, 9.17) is 0 Å². The Labute approximate surface area is 238 Å². The van der Waals surface area contributed by atoms with E-state index in [9.17, 15) is 47.4 Å². The van der Waals surface area contributed by atoms with E-state index in [1.165, 1.54) is 12.1 Å². The van der Waals surface area contributed by atoms with Crippen LogP contribution in [-0.4, -0.2) is 6.36 Å². The van der Waals surface area contributed by atoms with Gasteiger partial charge in [-0.3, -0.25) is 0 Å². The zero-order valence-corrected chi connectivity index (χ0v) is 21.2. The Balaban J connectivity index is 1.70. The number of nitriles is 4. The number of hydrogen-bond donors (Lipinski definition) is 0. The maximum Gasteiger partial charge on any atom is 0.573 e. The van der Waals surface area contributed by atoms with Crippen molar-refractivity contribution >= 4 is 21.9 Å². The Morgan fingerprint density at radius 3 is 1.42 bits per heavy atom. The van der Waals surface area contributed by atoms with Crippen LogP contribution in [-0.2, 0) is 6.18 Å². The first-order chi connectivity index (χ1) is 20.4. The third kappa shape index (κ3) is 4.07. The molecule has 0 bridgehead atoms. The molecule has 0 saturated carbocycles. The summed E-state index contributed by atoms with van der Waals surface area (Å²) >= 11 is 0. The zero-order chi connectivity index (χ0) is 30.8. The van der Waals surface area contributed by atoms with Crippen molar-refractivity contribution in [1.82, 2.24) is 0 Å². The average Bonchev–Trinajstić information content (AvgIpc) is 3.46. The number of halogens is 6. The van der Waals surface area contributed by atoms with Crippen molar-refractivity contribution in [3.63, 3.8) is 0 Å². The highest BCUT2D eigenvalue weighted by Gasteiger charge is 2.37. The number of allylic oxidation sites excluding steroid dienone is 2. The van der Waals surface area contributed by atoms with Gasteiger partial charge in [0.2, 0.25) is 0 Å². The van der Waals surface area contributed by atoms with E-state index >= 15 is 0 Å². The first-order valence-corrected chi connectivity index (χ1v) is 12.2. The monoisotopic (exact) mass is 580 g/mol. The van der Waals surface area contributed by atoms with E-state index in [2.05, 4.69) is 4.74 Å². The highest BCUT2D eigenvalue weighted by atomic mass is 19.4. The number of benzene rings is 4. The molecule has 0 unspecified atom stereocenters. The highest BCUT2D eigenvalue weighted by molar-refractivity contribution is 6.19. The number of nitrogens with zero attached hydrogens (tertiary/aromatic N) is 4. The number of hydrogen-bond acceptors (Lipinski definition) is 5. The summed E-state index contributed by atoms with van der Waals surface area (Å²) in [7, 11) is 0. The molecule has 6 rings (SSSR count). The molecule has 0 N–H and O–H groups in total. The lowest BCUT2D eigenvalue weighted by atomic mass is 9.90. The lowest BCUT2D eigenvalue weighted by molar-refractivity contribution is -0.274. The quantitative estimate of drug-likeness (QED) is 0.143. The second-order valence-corrected chi connectivity index (χ2v) is 9.53. The van der Waals surface area contributed by atoms with Crippen LogP contribution in [0.15, 0.2) is 71.8 Å². The molecule has 2 aliphatic rings. The largest absolute Gasteiger partial charge is 0.573 e. The molecule has 0 aliphatic heterocycles. The summed E-state index contributed by atoms with van der Waals surface area (Å²) in [6.07, 6.45) is -9.67. The maximum atomic E-state index is 13.6. The standard InChI is InChI=1S/C32H10F6N4O/c33-31(34,35)17-1-3-21-25(9-17)27(15(11-39)12-40)23-7-5-20-19(29(21)23)6-8-24-28(16(13-41)14-42)26-10-18(43-32(36,37)38)2-4-22(26)30(20)24/h1-10H. The van der Waals surface area contributed by atoms with E-state index in [1.807, 2.05) is 0 Å². The summed E-state index contributed by atoms with van der Waals surface area (Å²) < 4.78 is 83.9. The van der Waals surface area contributed by atoms with Crippen molar-refractivity contribution in [2.45, 2.75) is 12.5 Å². The predicted octanol–water partition coefficient (Wildman–Crippen LogP) is 8.42. The van der Waals surface area contributed by atoms with Crippen LogP contribution in [0.2, 0.25) is 0 Å². The van der Waals surface area contributed by atoms with Crippen molar-refractivity contribution in [2.75, 3.05) is 0 Å². The molecule has 11 heteroatoms. The Hall–Kier alpha value is -6.04. The third-order valence-electron chi connectivity index (χ3n) is 7.34. The summed E-state index contributed by atoms with van der Waals surface area (Å²) in [5, 5.41) is 39.7. The molecule has 43 heavy (non-hydrogen) atoms. The molecule has 2 aliphatic carbocycles. The predicted molar refractivity (Wildman–Crippen MR) is 141 cm³/mol. The molecule has 0 saturated heterocycles. The van der Waals surface area contributed by atoms with E-state index in [0.29, 0.717) is 44.2 Å². The molecule has 0 fully saturated rings. The first-order valence-electron chi connectivity index (χ1n) is 12.2. The molecular weight excluding hydrogens is 570 g/mol. The minimum absolute atomic E-state index is 0.0506. The molecule has 4 aromatic carbocycles. The molecule has 0 aromatic heterocycles. The molecule has 0 radical (unpaired) electrons. The fourth-order valence-electron chi connectivity index (χ4n) is 5.80.